The number of carboxylic acid groups (broad SMARTS) is 1. The third-order valence-corrected chi connectivity index (χ3v) is 2.06. The molecule has 88 valence electrons. The first-order valence-electron chi connectivity index (χ1n) is 4.94. The number of hydrogen-bond donors (Lipinski definition) is 2. The highest BCUT2D eigenvalue weighted by atomic mass is 16.4. The Morgan fingerprint density at radius 3 is 2.75 bits per heavy atom. The maximum atomic E-state index is 11.3. The van der Waals surface area contributed by atoms with Crippen LogP contribution in [0.2, 0.25) is 0 Å². The lowest BCUT2D eigenvalue weighted by molar-refractivity contribution is -0.135. The van der Waals surface area contributed by atoms with Crippen molar-refractivity contribution in [1.29, 1.82) is 0 Å². The summed E-state index contributed by atoms with van der Waals surface area (Å²) in [6.45, 7) is 3.62. The molecule has 0 spiro atoms. The third kappa shape index (κ3) is 3.08. The van der Waals surface area contributed by atoms with E-state index in [0.29, 0.717) is 11.6 Å². The van der Waals surface area contributed by atoms with Crippen LogP contribution in [0.5, 0.6) is 0 Å². The molecule has 0 bridgehead atoms. The Bertz CT molecular complexity index is 439. The van der Waals surface area contributed by atoms with Crippen LogP contribution in [0.15, 0.2) is 10.9 Å². The van der Waals surface area contributed by atoms with E-state index in [1.165, 1.54) is 11.0 Å². The van der Waals surface area contributed by atoms with E-state index in [1.807, 2.05) is 13.8 Å². The lowest BCUT2D eigenvalue weighted by Gasteiger charge is -2.16. The number of carbonyl (C=O) groups is 1. The molecular formula is C10H15N3O3. The Hall–Kier alpha value is -1.85. The van der Waals surface area contributed by atoms with Gasteiger partial charge in [0.15, 0.2) is 0 Å². The number of H-pyrrole nitrogens is 1. The number of aromatic amines is 1. The molecule has 6 heteroatoms. The van der Waals surface area contributed by atoms with Crippen molar-refractivity contribution in [3.63, 3.8) is 0 Å². The summed E-state index contributed by atoms with van der Waals surface area (Å²) in [6, 6.07) is 1.29. The maximum absolute atomic E-state index is 11.3. The van der Waals surface area contributed by atoms with Gasteiger partial charge in [-0.1, -0.05) is 13.8 Å². The molecule has 6 nitrogen and oxygen atoms in total. The van der Waals surface area contributed by atoms with Crippen molar-refractivity contribution in [3.8, 4) is 0 Å². The second-order valence-electron chi connectivity index (χ2n) is 3.89. The minimum Gasteiger partial charge on any atom is -0.480 e. The quantitative estimate of drug-likeness (QED) is 0.775. The second kappa shape index (κ2) is 4.78. The smallest absolute Gasteiger partial charge is 0.323 e. The SMILES string of the molecule is CC(C)c1nc(N(C)CC(=O)O)cc(=O)[nH]1. The highest BCUT2D eigenvalue weighted by Gasteiger charge is 2.10. The van der Waals surface area contributed by atoms with Gasteiger partial charge in [0.1, 0.15) is 18.2 Å². The molecule has 0 aromatic carbocycles. The summed E-state index contributed by atoms with van der Waals surface area (Å²) in [5.74, 6) is 0.0520. The molecule has 0 fully saturated rings. The summed E-state index contributed by atoms with van der Waals surface area (Å²) in [5, 5.41) is 8.64. The predicted molar refractivity (Wildman–Crippen MR) is 59.9 cm³/mol. The van der Waals surface area contributed by atoms with Gasteiger partial charge in [0, 0.05) is 19.0 Å². The zero-order valence-electron chi connectivity index (χ0n) is 9.52. The number of aromatic nitrogens is 2. The standard InChI is InChI=1S/C10H15N3O3/c1-6(2)10-11-7(4-8(14)12-10)13(3)5-9(15)16/h4,6H,5H2,1-3H3,(H,15,16)(H,11,12,14). The van der Waals surface area contributed by atoms with E-state index >= 15 is 0 Å². The molecule has 0 aliphatic rings. The van der Waals surface area contributed by atoms with E-state index in [4.69, 9.17) is 5.11 Å². The maximum Gasteiger partial charge on any atom is 0.323 e. The molecule has 0 atom stereocenters. The van der Waals surface area contributed by atoms with Crippen molar-refractivity contribution < 1.29 is 9.90 Å². The fraction of sp³-hybridized carbons (Fsp3) is 0.500. The molecule has 0 aliphatic carbocycles. The van der Waals surface area contributed by atoms with Gasteiger partial charge in [0.25, 0.3) is 5.56 Å². The summed E-state index contributed by atoms with van der Waals surface area (Å²) >= 11 is 0. The first kappa shape index (κ1) is 12.2. The first-order valence-corrected chi connectivity index (χ1v) is 4.94. The highest BCUT2D eigenvalue weighted by molar-refractivity contribution is 5.72. The van der Waals surface area contributed by atoms with Crippen LogP contribution in [0.4, 0.5) is 5.82 Å². The molecule has 0 aliphatic heterocycles. The van der Waals surface area contributed by atoms with Crippen LogP contribution in [0.25, 0.3) is 0 Å². The van der Waals surface area contributed by atoms with Crippen LogP contribution in [-0.4, -0.2) is 34.6 Å². The van der Waals surface area contributed by atoms with Gasteiger partial charge in [-0.05, 0) is 0 Å². The van der Waals surface area contributed by atoms with E-state index in [0.717, 1.165) is 0 Å². The topological polar surface area (TPSA) is 86.3 Å². The molecule has 0 amide bonds. The monoisotopic (exact) mass is 225 g/mol. The van der Waals surface area contributed by atoms with E-state index < -0.39 is 5.97 Å². The minimum absolute atomic E-state index is 0.0888. The van der Waals surface area contributed by atoms with Crippen LogP contribution < -0.4 is 10.5 Å². The van der Waals surface area contributed by atoms with Crippen molar-refractivity contribution in [3.05, 3.63) is 22.2 Å². The fourth-order valence-corrected chi connectivity index (χ4v) is 1.22. The molecule has 1 aromatic heterocycles. The number of hydrogen-bond acceptors (Lipinski definition) is 4. The lowest BCUT2D eigenvalue weighted by Crippen LogP contribution is -2.28. The van der Waals surface area contributed by atoms with Crippen LogP contribution >= 0.6 is 0 Å². The van der Waals surface area contributed by atoms with Crippen LogP contribution in [-0.2, 0) is 4.79 Å². The molecule has 0 saturated carbocycles. The van der Waals surface area contributed by atoms with Crippen molar-refractivity contribution in [2.45, 2.75) is 19.8 Å². The normalized spacial score (nSPS) is 10.5. The Morgan fingerprint density at radius 2 is 2.25 bits per heavy atom. The van der Waals surface area contributed by atoms with Gasteiger partial charge >= 0.3 is 5.97 Å². The van der Waals surface area contributed by atoms with Gasteiger partial charge in [-0.15, -0.1) is 0 Å². The fourth-order valence-electron chi connectivity index (χ4n) is 1.22. The number of carboxylic acids is 1. The summed E-state index contributed by atoms with van der Waals surface area (Å²) in [5.41, 5.74) is -0.272. The number of aliphatic carboxylic acids is 1. The third-order valence-electron chi connectivity index (χ3n) is 2.06. The predicted octanol–water partition coefficient (Wildman–Crippen LogP) is 0.414. The van der Waals surface area contributed by atoms with Gasteiger partial charge in [0.05, 0.1) is 0 Å². The molecule has 0 saturated heterocycles. The zero-order chi connectivity index (χ0) is 12.3. The van der Waals surface area contributed by atoms with Crippen LogP contribution in [0.1, 0.15) is 25.6 Å². The molecule has 1 aromatic rings. The largest absolute Gasteiger partial charge is 0.480 e. The summed E-state index contributed by atoms with van der Waals surface area (Å²) in [7, 11) is 1.58. The van der Waals surface area contributed by atoms with E-state index in [1.54, 1.807) is 7.05 Å². The summed E-state index contributed by atoms with van der Waals surface area (Å²) in [6.07, 6.45) is 0. The minimum atomic E-state index is -0.962. The Balaban J connectivity index is 3.04. The Morgan fingerprint density at radius 1 is 1.62 bits per heavy atom. The number of nitrogens with zero attached hydrogens (tertiary/aromatic N) is 2. The number of anilines is 1. The number of rotatable bonds is 4. The van der Waals surface area contributed by atoms with Crippen molar-refractivity contribution in [2.75, 3.05) is 18.5 Å². The van der Waals surface area contributed by atoms with Crippen molar-refractivity contribution in [1.82, 2.24) is 9.97 Å². The van der Waals surface area contributed by atoms with Gasteiger partial charge in [-0.2, -0.15) is 0 Å². The van der Waals surface area contributed by atoms with Gasteiger partial charge in [-0.25, -0.2) is 4.98 Å². The van der Waals surface area contributed by atoms with Gasteiger partial charge < -0.3 is 15.0 Å². The summed E-state index contributed by atoms with van der Waals surface area (Å²) < 4.78 is 0. The Kier molecular flexibility index (Phi) is 3.65. The zero-order valence-corrected chi connectivity index (χ0v) is 9.52. The van der Waals surface area contributed by atoms with Crippen molar-refractivity contribution in [2.24, 2.45) is 0 Å². The Labute approximate surface area is 92.9 Å². The molecule has 16 heavy (non-hydrogen) atoms. The molecule has 1 heterocycles. The lowest BCUT2D eigenvalue weighted by atomic mass is 10.2. The van der Waals surface area contributed by atoms with E-state index in [2.05, 4.69) is 9.97 Å². The van der Waals surface area contributed by atoms with Crippen LogP contribution in [0.3, 0.4) is 0 Å². The van der Waals surface area contributed by atoms with Gasteiger partial charge in [-0.3, -0.25) is 9.59 Å². The summed E-state index contributed by atoms with van der Waals surface area (Å²) in [4.78, 5) is 30.1. The van der Waals surface area contributed by atoms with E-state index in [9.17, 15) is 9.59 Å². The molecule has 2 N–H and O–H groups in total. The first-order chi connectivity index (χ1) is 7.40. The molecule has 0 radical (unpaired) electrons. The molecule has 1 rings (SSSR count). The highest BCUT2D eigenvalue weighted by Crippen LogP contribution is 2.11. The average Bonchev–Trinajstić information content (AvgIpc) is 2.15. The second-order valence-corrected chi connectivity index (χ2v) is 3.89. The molecule has 0 unspecified atom stereocenters. The molecular weight excluding hydrogens is 210 g/mol. The number of nitrogens with one attached hydrogen (secondary N) is 1. The van der Waals surface area contributed by atoms with Gasteiger partial charge in [0.2, 0.25) is 0 Å². The number of likely N-dealkylation sites (N-methyl/N-ethyl adjacent to an activating group) is 1. The average molecular weight is 225 g/mol. The van der Waals surface area contributed by atoms with E-state index in [-0.39, 0.29) is 18.0 Å². The van der Waals surface area contributed by atoms with Crippen molar-refractivity contribution >= 4 is 11.8 Å². The van der Waals surface area contributed by atoms with Crippen LogP contribution in [0, 0.1) is 0 Å².